The van der Waals surface area contributed by atoms with Gasteiger partial charge in [0.2, 0.25) is 11.8 Å². The van der Waals surface area contributed by atoms with Gasteiger partial charge >= 0.3 is 0 Å². The summed E-state index contributed by atoms with van der Waals surface area (Å²) in [4.78, 5) is 24.9. The van der Waals surface area contributed by atoms with Crippen molar-refractivity contribution in [1.29, 1.82) is 0 Å². The molecule has 4 N–H and O–H groups in total. The molecule has 2 aliphatic heterocycles. The van der Waals surface area contributed by atoms with Crippen molar-refractivity contribution in [3.8, 4) is 0 Å². The first-order valence-corrected chi connectivity index (χ1v) is 10.7. The fraction of sp³-hybridized carbons (Fsp3) is 0.421. The summed E-state index contributed by atoms with van der Waals surface area (Å²) in [7, 11) is 1.90. The van der Waals surface area contributed by atoms with Gasteiger partial charge in [-0.25, -0.2) is 9.69 Å². The molecule has 1 aromatic carbocycles. The van der Waals surface area contributed by atoms with E-state index in [-0.39, 0.29) is 23.9 Å². The number of carbonyl (C=O) groups is 2. The van der Waals surface area contributed by atoms with Crippen LogP contribution in [0.15, 0.2) is 36.4 Å². The van der Waals surface area contributed by atoms with Crippen molar-refractivity contribution in [1.82, 2.24) is 30.8 Å². The van der Waals surface area contributed by atoms with E-state index in [4.69, 9.17) is 0 Å². The molecule has 0 bridgehead atoms. The number of rotatable bonds is 6. The molecule has 0 spiro atoms. The Morgan fingerprint density at radius 2 is 2.14 bits per heavy atom. The molecule has 0 radical (unpaired) electrons. The minimum atomic E-state index is -0.535. The van der Waals surface area contributed by atoms with Gasteiger partial charge in [0, 0.05) is 25.4 Å². The lowest BCUT2D eigenvalue weighted by molar-refractivity contribution is -0.131. The second kappa shape index (κ2) is 8.54. The Kier molecular flexibility index (Phi) is 5.86. The van der Waals surface area contributed by atoms with Crippen LogP contribution in [0.25, 0.3) is 0 Å². The number of carbonyl (C=O) groups excluding carboxylic acids is 2. The molecule has 3 unspecified atom stereocenters. The molecule has 3 atom stereocenters. The molecule has 2 aromatic rings. The molecule has 0 saturated carbocycles. The Morgan fingerprint density at radius 3 is 2.93 bits per heavy atom. The van der Waals surface area contributed by atoms with Gasteiger partial charge in [-0.2, -0.15) is 5.10 Å². The summed E-state index contributed by atoms with van der Waals surface area (Å²) >= 11 is 1.55. The van der Waals surface area contributed by atoms with Crippen molar-refractivity contribution >= 4 is 29.4 Å². The molecule has 154 valence electrons. The van der Waals surface area contributed by atoms with Crippen LogP contribution in [0.4, 0.5) is 5.82 Å². The van der Waals surface area contributed by atoms with Gasteiger partial charge in [-0.15, -0.1) is 11.8 Å². The highest BCUT2D eigenvalue weighted by Crippen LogP contribution is 2.23. The summed E-state index contributed by atoms with van der Waals surface area (Å²) in [5.41, 5.74) is 5.10. The Bertz CT molecular complexity index is 888. The number of aryl methyl sites for hydroxylation is 1. The van der Waals surface area contributed by atoms with Crippen LogP contribution in [0.1, 0.15) is 17.5 Å². The average Bonchev–Trinajstić information content (AvgIpc) is 3.25. The van der Waals surface area contributed by atoms with E-state index in [0.29, 0.717) is 18.1 Å². The minimum absolute atomic E-state index is 0.0422. The molecular weight excluding hydrogens is 390 g/mol. The van der Waals surface area contributed by atoms with E-state index < -0.39 is 6.29 Å². The second-order valence-corrected chi connectivity index (χ2v) is 8.23. The van der Waals surface area contributed by atoms with Crippen LogP contribution in [-0.2, 0) is 15.3 Å². The zero-order chi connectivity index (χ0) is 20.4. The quantitative estimate of drug-likeness (QED) is 0.549. The molecule has 29 heavy (non-hydrogen) atoms. The van der Waals surface area contributed by atoms with Gasteiger partial charge in [0.15, 0.2) is 6.29 Å². The van der Waals surface area contributed by atoms with Gasteiger partial charge in [0.25, 0.3) is 0 Å². The lowest BCUT2D eigenvalue weighted by Crippen LogP contribution is -2.61. The summed E-state index contributed by atoms with van der Waals surface area (Å²) in [6.07, 6.45) is -0.671. The zero-order valence-corrected chi connectivity index (χ0v) is 17.2. The molecular formula is C19H25N7O2S. The molecule has 3 heterocycles. The Labute approximate surface area is 173 Å². The third kappa shape index (κ3) is 4.45. The second-order valence-electron chi connectivity index (χ2n) is 7.24. The lowest BCUT2D eigenvalue weighted by Gasteiger charge is -2.35. The summed E-state index contributed by atoms with van der Waals surface area (Å²) in [5.74, 6) is 1.35. The van der Waals surface area contributed by atoms with E-state index in [1.807, 2.05) is 49.3 Å². The largest absolute Gasteiger partial charge is 0.321 e. The van der Waals surface area contributed by atoms with E-state index in [1.54, 1.807) is 22.5 Å². The number of thioether (sulfide) groups is 1. The first-order valence-electron chi connectivity index (χ1n) is 9.52. The number of anilines is 1. The maximum Gasteiger partial charge on any atom is 0.235 e. The van der Waals surface area contributed by atoms with Gasteiger partial charge in [0.05, 0.1) is 23.5 Å². The van der Waals surface area contributed by atoms with Crippen LogP contribution in [0, 0.1) is 12.8 Å². The predicted octanol–water partition coefficient (Wildman–Crippen LogP) is 0.631. The smallest absolute Gasteiger partial charge is 0.235 e. The van der Waals surface area contributed by atoms with Crippen molar-refractivity contribution in [2.45, 2.75) is 25.1 Å². The lowest BCUT2D eigenvalue weighted by atomic mass is 10.1. The fourth-order valence-electron chi connectivity index (χ4n) is 3.58. The number of nitrogens with one attached hydrogen (secondary N) is 4. The fourth-order valence-corrected chi connectivity index (χ4v) is 4.37. The van der Waals surface area contributed by atoms with Crippen LogP contribution in [0.3, 0.4) is 0 Å². The van der Waals surface area contributed by atoms with Gasteiger partial charge in [-0.1, -0.05) is 30.3 Å². The van der Waals surface area contributed by atoms with Crippen LogP contribution in [0.2, 0.25) is 0 Å². The van der Waals surface area contributed by atoms with Gasteiger partial charge in [-0.3, -0.25) is 20.3 Å². The van der Waals surface area contributed by atoms with Crippen LogP contribution in [0.5, 0.6) is 0 Å². The minimum Gasteiger partial charge on any atom is -0.321 e. The maximum absolute atomic E-state index is 12.5. The Balaban J connectivity index is 1.39. The van der Waals surface area contributed by atoms with Crippen molar-refractivity contribution < 1.29 is 9.59 Å². The van der Waals surface area contributed by atoms with Crippen LogP contribution < -0.4 is 21.4 Å². The van der Waals surface area contributed by atoms with Gasteiger partial charge in [0.1, 0.15) is 5.82 Å². The van der Waals surface area contributed by atoms with E-state index in [9.17, 15) is 9.59 Å². The third-order valence-corrected chi connectivity index (χ3v) is 6.02. The summed E-state index contributed by atoms with van der Waals surface area (Å²) in [6, 6.07) is 11.8. The molecule has 0 aliphatic carbocycles. The molecule has 2 aliphatic rings. The maximum atomic E-state index is 12.5. The Morgan fingerprint density at radius 1 is 1.34 bits per heavy atom. The molecule has 9 nitrogen and oxygen atoms in total. The number of nitrogens with zero attached hydrogens (tertiary/aromatic N) is 3. The number of hydrazine groups is 1. The highest BCUT2D eigenvalue weighted by molar-refractivity contribution is 7.99. The molecule has 2 saturated heterocycles. The van der Waals surface area contributed by atoms with Crippen LogP contribution in [-0.4, -0.2) is 52.1 Å². The van der Waals surface area contributed by atoms with E-state index in [1.165, 1.54) is 5.56 Å². The first kappa shape index (κ1) is 19.9. The Hall–Kier alpha value is -2.40. The number of amides is 2. The summed E-state index contributed by atoms with van der Waals surface area (Å²) in [6.45, 7) is 2.44. The number of fused-ring (bicyclic) bond motifs is 1. The molecule has 2 amide bonds. The SMILES string of the molecule is Cc1cc(NC(=O)CSCc2ccccc2)n(C2NC(=O)C3CNN(C)C3N2)n1. The molecule has 4 rings (SSSR count). The topological polar surface area (TPSA) is 103 Å². The molecule has 1 aromatic heterocycles. The van der Waals surface area contributed by atoms with Gasteiger partial charge in [-0.05, 0) is 12.5 Å². The van der Waals surface area contributed by atoms with E-state index >= 15 is 0 Å². The van der Waals surface area contributed by atoms with Crippen molar-refractivity contribution in [3.63, 3.8) is 0 Å². The predicted molar refractivity (Wildman–Crippen MR) is 112 cm³/mol. The summed E-state index contributed by atoms with van der Waals surface area (Å²) < 4.78 is 1.62. The van der Waals surface area contributed by atoms with Gasteiger partial charge < -0.3 is 10.6 Å². The van der Waals surface area contributed by atoms with Crippen molar-refractivity contribution in [3.05, 3.63) is 47.7 Å². The monoisotopic (exact) mass is 415 g/mol. The summed E-state index contributed by atoms with van der Waals surface area (Å²) in [5, 5.41) is 15.6. The van der Waals surface area contributed by atoms with Crippen molar-refractivity contribution in [2.75, 3.05) is 24.7 Å². The number of benzene rings is 1. The van der Waals surface area contributed by atoms with Crippen molar-refractivity contribution in [2.24, 2.45) is 5.92 Å². The number of hydrogen-bond acceptors (Lipinski definition) is 7. The first-order chi connectivity index (χ1) is 14.0. The third-order valence-electron chi connectivity index (χ3n) is 5.02. The van der Waals surface area contributed by atoms with Crippen LogP contribution >= 0.6 is 11.8 Å². The van der Waals surface area contributed by atoms with E-state index in [2.05, 4.69) is 26.5 Å². The standard InChI is InChI=1S/C19H25N7O2S/c1-12-8-15(21-16(27)11-29-10-13-6-4-3-5-7-13)26(24-12)19-22-17-14(18(28)23-19)9-20-25(17)2/h3-8,14,17,19-20,22H,9-11H2,1-2H3,(H,21,27)(H,23,28). The van der Waals surface area contributed by atoms with E-state index in [0.717, 1.165) is 11.4 Å². The highest BCUT2D eigenvalue weighted by Gasteiger charge is 2.43. The number of aromatic nitrogens is 2. The average molecular weight is 416 g/mol. The molecule has 10 heteroatoms. The number of hydrogen-bond donors (Lipinski definition) is 4. The molecule has 2 fully saturated rings. The zero-order valence-electron chi connectivity index (χ0n) is 16.4. The highest BCUT2D eigenvalue weighted by atomic mass is 32.2. The normalized spacial score (nSPS) is 24.2.